The van der Waals surface area contributed by atoms with Gasteiger partial charge in [-0.25, -0.2) is 0 Å². The van der Waals surface area contributed by atoms with Gasteiger partial charge in [-0.05, 0) is 50.4 Å². The van der Waals surface area contributed by atoms with Crippen LogP contribution in [0.1, 0.15) is 29.8 Å². The lowest BCUT2D eigenvalue weighted by Crippen LogP contribution is -2.63. The minimum absolute atomic E-state index is 0.0780. The SMILES string of the molecule is CN1CCC[C@]2(C(=O)O)CCN(C(=O)c3cc(-c4cccs4)nn3C)C[C@@H]12. The van der Waals surface area contributed by atoms with E-state index in [0.29, 0.717) is 31.6 Å². The minimum Gasteiger partial charge on any atom is -0.481 e. The number of aromatic nitrogens is 2. The number of carbonyl (C=O) groups excluding carboxylic acids is 1. The third-order valence-electron chi connectivity index (χ3n) is 6.11. The smallest absolute Gasteiger partial charge is 0.311 e. The summed E-state index contributed by atoms with van der Waals surface area (Å²) in [6.07, 6.45) is 2.07. The molecule has 0 saturated carbocycles. The first kappa shape index (κ1) is 18.2. The Kier molecular flexibility index (Phi) is 4.55. The van der Waals surface area contributed by atoms with Crippen LogP contribution in [0.25, 0.3) is 10.6 Å². The van der Waals surface area contributed by atoms with Crippen molar-refractivity contribution in [1.82, 2.24) is 19.6 Å². The quantitative estimate of drug-likeness (QED) is 0.872. The molecule has 2 fully saturated rings. The molecule has 0 radical (unpaired) electrons. The Balaban J connectivity index is 1.58. The lowest BCUT2D eigenvalue weighted by Gasteiger charge is -2.51. The standard InChI is InChI=1S/C19H24N4O3S/c1-21-8-4-6-19(18(25)26)7-9-23(12-16(19)21)17(24)14-11-13(20-22(14)2)15-5-3-10-27-15/h3,5,10-11,16H,4,6-9,12H2,1-2H3,(H,25,26)/t16-,19+/m1/s1. The van der Waals surface area contributed by atoms with Gasteiger partial charge in [-0.2, -0.15) is 5.10 Å². The van der Waals surface area contributed by atoms with Crippen molar-refractivity contribution in [2.75, 3.05) is 26.7 Å². The van der Waals surface area contributed by atoms with Crippen LogP contribution < -0.4 is 0 Å². The maximum absolute atomic E-state index is 13.2. The van der Waals surface area contributed by atoms with E-state index < -0.39 is 11.4 Å². The molecule has 0 aliphatic carbocycles. The fourth-order valence-electron chi connectivity index (χ4n) is 4.54. The highest BCUT2D eigenvalue weighted by atomic mass is 32.1. The average molecular weight is 388 g/mol. The van der Waals surface area contributed by atoms with Crippen molar-refractivity contribution in [1.29, 1.82) is 0 Å². The number of amides is 1. The highest BCUT2D eigenvalue weighted by Crippen LogP contribution is 2.42. The molecule has 1 amide bonds. The molecule has 2 aliphatic rings. The molecule has 144 valence electrons. The molecule has 2 atom stereocenters. The van der Waals surface area contributed by atoms with Crippen molar-refractivity contribution in [3.05, 3.63) is 29.3 Å². The van der Waals surface area contributed by atoms with E-state index in [1.165, 1.54) is 0 Å². The van der Waals surface area contributed by atoms with Crippen LogP contribution in [0.5, 0.6) is 0 Å². The van der Waals surface area contributed by atoms with Gasteiger partial charge in [-0.1, -0.05) is 6.07 Å². The molecule has 2 aromatic heterocycles. The maximum Gasteiger partial charge on any atom is 0.311 e. The first-order valence-electron chi connectivity index (χ1n) is 9.23. The molecular weight excluding hydrogens is 364 g/mol. The van der Waals surface area contributed by atoms with Crippen molar-refractivity contribution >= 4 is 23.2 Å². The zero-order valence-electron chi connectivity index (χ0n) is 15.6. The van der Waals surface area contributed by atoms with Gasteiger partial charge >= 0.3 is 5.97 Å². The lowest BCUT2D eigenvalue weighted by atomic mass is 9.68. The Bertz CT molecular complexity index is 862. The van der Waals surface area contributed by atoms with Gasteiger partial charge in [0.05, 0.1) is 10.3 Å². The van der Waals surface area contributed by atoms with Gasteiger partial charge in [-0.3, -0.25) is 14.3 Å². The Morgan fingerprint density at radius 3 is 2.81 bits per heavy atom. The van der Waals surface area contributed by atoms with E-state index in [9.17, 15) is 14.7 Å². The Hall–Kier alpha value is -2.19. The molecule has 2 aromatic rings. The summed E-state index contributed by atoms with van der Waals surface area (Å²) in [5.74, 6) is -0.808. The Labute approximate surface area is 162 Å². The number of nitrogens with zero attached hydrogens (tertiary/aromatic N) is 4. The molecule has 2 aliphatic heterocycles. The molecule has 4 heterocycles. The summed E-state index contributed by atoms with van der Waals surface area (Å²) in [7, 11) is 3.75. The fraction of sp³-hybridized carbons (Fsp3) is 0.526. The van der Waals surface area contributed by atoms with E-state index in [0.717, 1.165) is 23.5 Å². The van der Waals surface area contributed by atoms with E-state index in [2.05, 4.69) is 10.00 Å². The molecule has 8 heteroatoms. The summed E-state index contributed by atoms with van der Waals surface area (Å²) in [6.45, 7) is 1.78. The predicted molar refractivity (Wildman–Crippen MR) is 103 cm³/mol. The number of fused-ring (bicyclic) bond motifs is 1. The second-order valence-electron chi connectivity index (χ2n) is 7.58. The van der Waals surface area contributed by atoms with Crippen LogP contribution in [0.3, 0.4) is 0 Å². The van der Waals surface area contributed by atoms with Gasteiger partial charge in [0.1, 0.15) is 11.4 Å². The largest absolute Gasteiger partial charge is 0.481 e. The van der Waals surface area contributed by atoms with E-state index in [1.54, 1.807) is 28.0 Å². The van der Waals surface area contributed by atoms with Crippen LogP contribution in [0.4, 0.5) is 0 Å². The molecule has 0 aromatic carbocycles. The van der Waals surface area contributed by atoms with Gasteiger partial charge in [0.15, 0.2) is 0 Å². The van der Waals surface area contributed by atoms with Gasteiger partial charge in [0.2, 0.25) is 0 Å². The predicted octanol–water partition coefficient (Wildman–Crippen LogP) is 2.16. The number of piperidine rings is 2. The van der Waals surface area contributed by atoms with Gasteiger partial charge in [0, 0.05) is 26.2 Å². The first-order chi connectivity index (χ1) is 12.9. The number of carboxylic acid groups (broad SMARTS) is 1. The molecule has 27 heavy (non-hydrogen) atoms. The van der Waals surface area contributed by atoms with Gasteiger partial charge < -0.3 is 14.9 Å². The number of rotatable bonds is 3. The maximum atomic E-state index is 13.2. The normalized spacial score (nSPS) is 26.0. The topological polar surface area (TPSA) is 78.7 Å². The zero-order chi connectivity index (χ0) is 19.2. The average Bonchev–Trinajstić information content (AvgIpc) is 3.30. The molecular formula is C19H24N4O3S. The third-order valence-corrected chi connectivity index (χ3v) is 7.00. The van der Waals surface area contributed by atoms with E-state index in [-0.39, 0.29) is 11.9 Å². The number of hydrogen-bond donors (Lipinski definition) is 1. The molecule has 0 unspecified atom stereocenters. The van der Waals surface area contributed by atoms with Gasteiger partial charge in [-0.15, -0.1) is 11.3 Å². The van der Waals surface area contributed by atoms with Gasteiger partial charge in [0.25, 0.3) is 5.91 Å². The molecule has 0 bridgehead atoms. The highest BCUT2D eigenvalue weighted by molar-refractivity contribution is 7.13. The second-order valence-corrected chi connectivity index (χ2v) is 8.53. The third kappa shape index (κ3) is 2.96. The summed E-state index contributed by atoms with van der Waals surface area (Å²) in [5, 5.41) is 16.4. The van der Waals surface area contributed by atoms with Crippen molar-refractivity contribution in [3.63, 3.8) is 0 Å². The van der Waals surface area contributed by atoms with E-state index in [4.69, 9.17) is 0 Å². The zero-order valence-corrected chi connectivity index (χ0v) is 16.4. The summed E-state index contributed by atoms with van der Waals surface area (Å²) < 4.78 is 1.63. The number of likely N-dealkylation sites (tertiary alicyclic amines) is 2. The fourth-order valence-corrected chi connectivity index (χ4v) is 5.22. The summed E-state index contributed by atoms with van der Waals surface area (Å²) >= 11 is 1.59. The number of carboxylic acids is 1. The minimum atomic E-state index is -0.738. The van der Waals surface area contributed by atoms with Crippen molar-refractivity contribution in [3.8, 4) is 10.6 Å². The number of aryl methyl sites for hydroxylation is 1. The van der Waals surface area contributed by atoms with Crippen molar-refractivity contribution < 1.29 is 14.7 Å². The molecule has 2 saturated heterocycles. The van der Waals surface area contributed by atoms with Crippen LogP contribution in [-0.2, 0) is 11.8 Å². The second kappa shape index (κ2) is 6.76. The highest BCUT2D eigenvalue weighted by Gasteiger charge is 2.53. The molecule has 7 nitrogen and oxygen atoms in total. The lowest BCUT2D eigenvalue weighted by molar-refractivity contribution is -0.161. The monoisotopic (exact) mass is 388 g/mol. The van der Waals surface area contributed by atoms with Crippen LogP contribution in [0.2, 0.25) is 0 Å². The van der Waals surface area contributed by atoms with E-state index >= 15 is 0 Å². The Morgan fingerprint density at radius 1 is 1.30 bits per heavy atom. The van der Waals surface area contributed by atoms with Crippen LogP contribution >= 0.6 is 11.3 Å². The van der Waals surface area contributed by atoms with Crippen LogP contribution in [-0.4, -0.2) is 69.3 Å². The summed E-state index contributed by atoms with van der Waals surface area (Å²) in [5.41, 5.74) is 0.598. The first-order valence-corrected chi connectivity index (χ1v) is 10.1. The van der Waals surface area contributed by atoms with Crippen molar-refractivity contribution in [2.24, 2.45) is 12.5 Å². The van der Waals surface area contributed by atoms with Crippen molar-refractivity contribution in [2.45, 2.75) is 25.3 Å². The van der Waals surface area contributed by atoms with Crippen LogP contribution in [0, 0.1) is 5.41 Å². The molecule has 4 rings (SSSR count). The van der Waals surface area contributed by atoms with E-state index in [1.807, 2.05) is 30.6 Å². The number of thiophene rings is 1. The molecule has 1 N–H and O–H groups in total. The number of carbonyl (C=O) groups is 2. The molecule has 0 spiro atoms. The number of hydrogen-bond acceptors (Lipinski definition) is 5. The summed E-state index contributed by atoms with van der Waals surface area (Å²) in [4.78, 5) is 30.1. The Morgan fingerprint density at radius 2 is 2.11 bits per heavy atom. The summed E-state index contributed by atoms with van der Waals surface area (Å²) in [6, 6.07) is 5.63. The number of likely N-dealkylation sites (N-methyl/N-ethyl adjacent to an activating group) is 1. The van der Waals surface area contributed by atoms with Crippen LogP contribution in [0.15, 0.2) is 23.6 Å². The number of aliphatic carboxylic acids is 1.